The molecule has 1 aromatic heterocycles. The third kappa shape index (κ3) is 3.62. The van der Waals surface area contributed by atoms with E-state index in [0.29, 0.717) is 6.79 Å². The van der Waals surface area contributed by atoms with Crippen molar-refractivity contribution in [3.8, 4) is 11.5 Å². The van der Waals surface area contributed by atoms with Gasteiger partial charge < -0.3 is 14.8 Å². The lowest BCUT2D eigenvalue weighted by atomic mass is 9.95. The normalized spacial score (nSPS) is 18.5. The monoisotopic (exact) mass is 339 g/mol. The Morgan fingerprint density at radius 1 is 1.16 bits per heavy atom. The van der Waals surface area contributed by atoms with Gasteiger partial charge in [-0.25, -0.2) is 0 Å². The molecule has 0 amide bonds. The Balaban J connectivity index is 1.62. The highest BCUT2D eigenvalue weighted by atomic mass is 16.7. The van der Waals surface area contributed by atoms with Crippen molar-refractivity contribution in [1.82, 2.24) is 15.2 Å². The molecule has 1 unspecified atom stereocenters. The third-order valence-corrected chi connectivity index (χ3v) is 5.13. The van der Waals surface area contributed by atoms with Gasteiger partial charge in [0.2, 0.25) is 6.79 Å². The number of nitrogens with one attached hydrogen (secondary N) is 1. The molecule has 3 heterocycles. The molecule has 1 fully saturated rings. The van der Waals surface area contributed by atoms with Crippen molar-refractivity contribution >= 4 is 0 Å². The van der Waals surface area contributed by atoms with Crippen molar-refractivity contribution in [1.29, 1.82) is 0 Å². The van der Waals surface area contributed by atoms with Crippen LogP contribution in [0.4, 0.5) is 0 Å². The summed E-state index contributed by atoms with van der Waals surface area (Å²) in [6, 6.07) is 12.5. The first kappa shape index (κ1) is 16.4. The molecule has 1 aromatic carbocycles. The fraction of sp³-hybridized carbons (Fsp3) is 0.450. The number of pyridine rings is 1. The fourth-order valence-corrected chi connectivity index (χ4v) is 3.85. The van der Waals surface area contributed by atoms with Gasteiger partial charge in [0.1, 0.15) is 0 Å². The van der Waals surface area contributed by atoms with E-state index >= 15 is 0 Å². The van der Waals surface area contributed by atoms with Crippen LogP contribution in [0.25, 0.3) is 0 Å². The van der Waals surface area contributed by atoms with Gasteiger partial charge in [-0.05, 0) is 68.7 Å². The summed E-state index contributed by atoms with van der Waals surface area (Å²) in [5, 5.41) is 3.45. The van der Waals surface area contributed by atoms with Crippen molar-refractivity contribution in [2.24, 2.45) is 5.92 Å². The van der Waals surface area contributed by atoms with Crippen LogP contribution >= 0.6 is 0 Å². The Labute approximate surface area is 149 Å². The maximum absolute atomic E-state index is 5.59. The lowest BCUT2D eigenvalue weighted by Gasteiger charge is -2.33. The van der Waals surface area contributed by atoms with Crippen LogP contribution in [-0.2, 0) is 0 Å². The Hall–Kier alpha value is -2.11. The van der Waals surface area contributed by atoms with Crippen LogP contribution < -0.4 is 14.8 Å². The van der Waals surface area contributed by atoms with Gasteiger partial charge in [-0.3, -0.25) is 9.88 Å². The molecule has 0 saturated carbocycles. The van der Waals surface area contributed by atoms with Gasteiger partial charge in [0.15, 0.2) is 11.5 Å². The second-order valence-electron chi connectivity index (χ2n) is 6.90. The number of fused-ring (bicyclic) bond motifs is 1. The van der Waals surface area contributed by atoms with Gasteiger partial charge in [0.05, 0.1) is 11.7 Å². The molecule has 25 heavy (non-hydrogen) atoms. The summed E-state index contributed by atoms with van der Waals surface area (Å²) in [4.78, 5) is 7.06. The Kier molecular flexibility index (Phi) is 4.85. The minimum Gasteiger partial charge on any atom is -0.454 e. The van der Waals surface area contributed by atoms with E-state index in [2.05, 4.69) is 46.5 Å². The molecule has 2 aliphatic rings. The topological polar surface area (TPSA) is 46.6 Å². The molecular formula is C20H25N3O2. The number of benzene rings is 1. The summed E-state index contributed by atoms with van der Waals surface area (Å²) in [6.07, 6.45) is 4.34. The number of rotatable bonds is 5. The summed E-state index contributed by atoms with van der Waals surface area (Å²) >= 11 is 0. The maximum atomic E-state index is 5.59. The molecule has 0 aliphatic carbocycles. The molecule has 0 spiro atoms. The first-order chi connectivity index (χ1) is 12.3. The molecule has 1 atom stereocenters. The van der Waals surface area contributed by atoms with E-state index in [9.17, 15) is 0 Å². The molecular weight excluding hydrogens is 314 g/mol. The predicted molar refractivity (Wildman–Crippen MR) is 96.9 cm³/mol. The van der Waals surface area contributed by atoms with Gasteiger partial charge in [0, 0.05) is 12.7 Å². The van der Waals surface area contributed by atoms with Gasteiger partial charge in [-0.2, -0.15) is 0 Å². The number of aromatic nitrogens is 1. The number of hydrogen-bond donors (Lipinski definition) is 1. The third-order valence-electron chi connectivity index (χ3n) is 5.13. The lowest BCUT2D eigenvalue weighted by Crippen LogP contribution is -2.36. The first-order valence-electron chi connectivity index (χ1n) is 9.02. The molecule has 1 N–H and O–H groups in total. The highest BCUT2D eigenvalue weighted by molar-refractivity contribution is 5.46. The molecule has 0 radical (unpaired) electrons. The van der Waals surface area contributed by atoms with E-state index < -0.39 is 0 Å². The molecule has 4 rings (SSSR count). The van der Waals surface area contributed by atoms with Gasteiger partial charge in [0.25, 0.3) is 0 Å². The summed E-state index contributed by atoms with van der Waals surface area (Å²) in [7, 11) is 2.20. The second-order valence-corrected chi connectivity index (χ2v) is 6.90. The van der Waals surface area contributed by atoms with Crippen LogP contribution in [0.2, 0.25) is 0 Å². The maximum Gasteiger partial charge on any atom is 0.231 e. The summed E-state index contributed by atoms with van der Waals surface area (Å²) in [6.45, 7) is 3.61. The summed E-state index contributed by atoms with van der Waals surface area (Å²) in [5.74, 6) is 2.38. The number of nitrogens with zero attached hydrogens (tertiary/aromatic N) is 2. The van der Waals surface area contributed by atoms with Crippen LogP contribution in [0.3, 0.4) is 0 Å². The van der Waals surface area contributed by atoms with E-state index in [1.54, 1.807) is 0 Å². The van der Waals surface area contributed by atoms with Crippen molar-refractivity contribution in [2.45, 2.75) is 18.9 Å². The van der Waals surface area contributed by atoms with E-state index in [-0.39, 0.29) is 6.04 Å². The zero-order chi connectivity index (χ0) is 17.1. The van der Waals surface area contributed by atoms with Crippen LogP contribution in [0.15, 0.2) is 42.6 Å². The Morgan fingerprint density at radius 2 is 2.00 bits per heavy atom. The van der Waals surface area contributed by atoms with Gasteiger partial charge in [-0.15, -0.1) is 0 Å². The van der Waals surface area contributed by atoms with Crippen molar-refractivity contribution in [3.63, 3.8) is 0 Å². The van der Waals surface area contributed by atoms with E-state index in [4.69, 9.17) is 9.47 Å². The average Bonchev–Trinajstić information content (AvgIpc) is 3.11. The Bertz CT molecular complexity index is 701. The molecule has 5 nitrogen and oxygen atoms in total. The molecule has 2 aromatic rings. The minimum atomic E-state index is 0.116. The number of ether oxygens (including phenoxy) is 2. The Morgan fingerprint density at radius 3 is 2.80 bits per heavy atom. The SMILES string of the molecule is CN(CC1CCNCC1)C(c1ccc2c(c1)OCO2)c1ccccn1. The quantitative estimate of drug-likeness (QED) is 0.908. The van der Waals surface area contributed by atoms with E-state index in [1.165, 1.54) is 18.4 Å². The standard InChI is InChI=1S/C20H25N3O2/c1-23(13-15-7-10-21-11-8-15)20(17-4-2-3-9-22-17)16-5-6-18-19(12-16)25-14-24-18/h2-6,9,12,15,20-21H,7-8,10-11,13-14H2,1H3. The smallest absolute Gasteiger partial charge is 0.231 e. The zero-order valence-corrected chi connectivity index (χ0v) is 14.6. The first-order valence-corrected chi connectivity index (χ1v) is 9.02. The van der Waals surface area contributed by atoms with Crippen molar-refractivity contribution < 1.29 is 9.47 Å². The number of piperidine rings is 1. The van der Waals surface area contributed by atoms with Crippen LogP contribution in [0, 0.1) is 5.92 Å². The highest BCUT2D eigenvalue weighted by Gasteiger charge is 2.26. The summed E-state index contributed by atoms with van der Waals surface area (Å²) < 4.78 is 11.0. The largest absolute Gasteiger partial charge is 0.454 e. The molecule has 2 aliphatic heterocycles. The highest BCUT2D eigenvalue weighted by Crippen LogP contribution is 2.37. The fourth-order valence-electron chi connectivity index (χ4n) is 3.85. The average molecular weight is 339 g/mol. The molecule has 132 valence electrons. The van der Waals surface area contributed by atoms with Gasteiger partial charge >= 0.3 is 0 Å². The second kappa shape index (κ2) is 7.42. The van der Waals surface area contributed by atoms with Crippen LogP contribution in [-0.4, -0.2) is 43.4 Å². The molecule has 0 bridgehead atoms. The van der Waals surface area contributed by atoms with Crippen LogP contribution in [0.5, 0.6) is 11.5 Å². The zero-order valence-electron chi connectivity index (χ0n) is 14.6. The molecule has 5 heteroatoms. The minimum absolute atomic E-state index is 0.116. The summed E-state index contributed by atoms with van der Waals surface area (Å²) in [5.41, 5.74) is 2.26. The molecule has 1 saturated heterocycles. The lowest BCUT2D eigenvalue weighted by molar-refractivity contribution is 0.173. The van der Waals surface area contributed by atoms with E-state index in [0.717, 1.165) is 42.7 Å². The van der Waals surface area contributed by atoms with E-state index in [1.807, 2.05) is 18.3 Å². The van der Waals surface area contributed by atoms with Crippen molar-refractivity contribution in [2.75, 3.05) is 33.5 Å². The number of hydrogen-bond acceptors (Lipinski definition) is 5. The predicted octanol–water partition coefficient (Wildman–Crippen LogP) is 2.83. The van der Waals surface area contributed by atoms with Crippen LogP contribution in [0.1, 0.15) is 30.1 Å². The van der Waals surface area contributed by atoms with Gasteiger partial charge in [-0.1, -0.05) is 12.1 Å². The van der Waals surface area contributed by atoms with Crippen molar-refractivity contribution in [3.05, 3.63) is 53.9 Å².